The molecule has 0 amide bonds. The number of benzene rings is 1. The van der Waals surface area contributed by atoms with E-state index >= 15 is 0 Å². The number of aromatic nitrogens is 1. The third-order valence-electron chi connectivity index (χ3n) is 3.66. The molecule has 1 fully saturated rings. The second-order valence-electron chi connectivity index (χ2n) is 5.28. The number of sulfonamides is 1. The van der Waals surface area contributed by atoms with Crippen LogP contribution in [0.2, 0.25) is 0 Å². The van der Waals surface area contributed by atoms with Gasteiger partial charge in [0.15, 0.2) is 11.6 Å². The Bertz CT molecular complexity index is 804. The van der Waals surface area contributed by atoms with E-state index in [1.807, 2.05) is 0 Å². The van der Waals surface area contributed by atoms with Gasteiger partial charge in [-0.3, -0.25) is 4.72 Å². The molecule has 0 bridgehead atoms. The van der Waals surface area contributed by atoms with Crippen molar-refractivity contribution in [1.82, 2.24) is 4.98 Å². The van der Waals surface area contributed by atoms with E-state index in [4.69, 9.17) is 0 Å². The number of hydrogen-bond acceptors (Lipinski definition) is 4. The van der Waals surface area contributed by atoms with E-state index in [-0.39, 0.29) is 10.7 Å². The van der Waals surface area contributed by atoms with Crippen LogP contribution in [0, 0.1) is 11.6 Å². The molecule has 1 aliphatic rings. The molecule has 8 heteroatoms. The van der Waals surface area contributed by atoms with E-state index in [0.717, 1.165) is 43.8 Å². The summed E-state index contributed by atoms with van der Waals surface area (Å²) in [7, 11) is -4.02. The molecule has 2 heterocycles. The Kier molecular flexibility index (Phi) is 4.16. The highest BCUT2D eigenvalue weighted by Crippen LogP contribution is 2.22. The molecular formula is C15H15F2N3O2S. The third kappa shape index (κ3) is 3.42. The van der Waals surface area contributed by atoms with Crippen LogP contribution in [0.3, 0.4) is 0 Å². The zero-order chi connectivity index (χ0) is 16.4. The predicted molar refractivity (Wildman–Crippen MR) is 82.9 cm³/mol. The molecule has 0 aliphatic carbocycles. The Morgan fingerprint density at radius 1 is 1.04 bits per heavy atom. The molecule has 0 spiro atoms. The topological polar surface area (TPSA) is 62.3 Å². The maximum absolute atomic E-state index is 13.2. The van der Waals surface area contributed by atoms with Gasteiger partial charge in [0.25, 0.3) is 10.0 Å². The zero-order valence-electron chi connectivity index (χ0n) is 12.2. The molecule has 2 aromatic rings. The lowest BCUT2D eigenvalue weighted by atomic mass is 10.3. The molecule has 3 rings (SSSR count). The van der Waals surface area contributed by atoms with Gasteiger partial charge in [-0.25, -0.2) is 22.2 Å². The summed E-state index contributed by atoms with van der Waals surface area (Å²) in [4.78, 5) is 5.88. The van der Waals surface area contributed by atoms with Gasteiger partial charge in [0, 0.05) is 13.1 Å². The van der Waals surface area contributed by atoms with Gasteiger partial charge in [-0.1, -0.05) is 0 Å². The van der Waals surface area contributed by atoms with E-state index in [1.165, 1.54) is 0 Å². The summed E-state index contributed by atoms with van der Waals surface area (Å²) in [5, 5.41) is 0. The molecular weight excluding hydrogens is 324 g/mol. The van der Waals surface area contributed by atoms with E-state index in [9.17, 15) is 17.2 Å². The van der Waals surface area contributed by atoms with Crippen LogP contribution >= 0.6 is 0 Å². The zero-order valence-corrected chi connectivity index (χ0v) is 13.0. The number of hydrogen-bond donors (Lipinski definition) is 1. The minimum atomic E-state index is -4.02. The van der Waals surface area contributed by atoms with Crippen LogP contribution in [0.4, 0.5) is 20.3 Å². The number of rotatable bonds is 4. The first-order valence-electron chi connectivity index (χ1n) is 7.14. The summed E-state index contributed by atoms with van der Waals surface area (Å²) in [6, 6.07) is 5.73. The monoisotopic (exact) mass is 339 g/mol. The molecule has 1 saturated heterocycles. The van der Waals surface area contributed by atoms with Gasteiger partial charge >= 0.3 is 0 Å². The fraction of sp³-hybridized carbons (Fsp3) is 0.267. The van der Waals surface area contributed by atoms with Crippen molar-refractivity contribution in [3.63, 3.8) is 0 Å². The first kappa shape index (κ1) is 15.7. The molecule has 1 aromatic heterocycles. The quantitative estimate of drug-likeness (QED) is 0.930. The highest BCUT2D eigenvalue weighted by molar-refractivity contribution is 7.92. The number of halogens is 2. The highest BCUT2D eigenvalue weighted by atomic mass is 32.2. The second kappa shape index (κ2) is 6.11. The molecule has 0 radical (unpaired) electrons. The van der Waals surface area contributed by atoms with Crippen LogP contribution in [0.1, 0.15) is 12.8 Å². The average Bonchev–Trinajstić information content (AvgIpc) is 3.04. The van der Waals surface area contributed by atoms with E-state index in [1.54, 1.807) is 18.3 Å². The molecule has 1 aromatic carbocycles. The maximum atomic E-state index is 13.2. The Balaban J connectivity index is 1.78. The fourth-order valence-corrected chi connectivity index (χ4v) is 3.47. The number of nitrogens with one attached hydrogen (secondary N) is 1. The van der Waals surface area contributed by atoms with Crippen molar-refractivity contribution in [2.45, 2.75) is 17.7 Å². The molecule has 0 saturated carbocycles. The SMILES string of the molecule is O=S(=O)(Nc1ccc(N2CCCC2)cn1)c1ccc(F)c(F)c1. The number of nitrogens with zero attached hydrogens (tertiary/aromatic N) is 2. The lowest BCUT2D eigenvalue weighted by Crippen LogP contribution is -2.18. The summed E-state index contributed by atoms with van der Waals surface area (Å²) in [6.07, 6.45) is 3.85. The van der Waals surface area contributed by atoms with Crippen molar-refractivity contribution in [1.29, 1.82) is 0 Å². The van der Waals surface area contributed by atoms with Crippen LogP contribution in [-0.2, 0) is 10.0 Å². The first-order valence-corrected chi connectivity index (χ1v) is 8.63. The molecule has 0 unspecified atom stereocenters. The van der Waals surface area contributed by atoms with Gasteiger partial charge in [-0.05, 0) is 43.2 Å². The highest BCUT2D eigenvalue weighted by Gasteiger charge is 2.18. The summed E-state index contributed by atoms with van der Waals surface area (Å²) in [5.41, 5.74) is 0.929. The summed E-state index contributed by atoms with van der Waals surface area (Å²) < 4.78 is 52.6. The third-order valence-corrected chi connectivity index (χ3v) is 5.01. The van der Waals surface area contributed by atoms with Crippen molar-refractivity contribution >= 4 is 21.5 Å². The minimum absolute atomic E-state index is 0.123. The van der Waals surface area contributed by atoms with Gasteiger partial charge in [0.2, 0.25) is 0 Å². The van der Waals surface area contributed by atoms with Gasteiger partial charge < -0.3 is 4.90 Å². The van der Waals surface area contributed by atoms with Gasteiger partial charge in [0.1, 0.15) is 5.82 Å². The van der Waals surface area contributed by atoms with Gasteiger partial charge in [0.05, 0.1) is 16.8 Å². The Hall–Kier alpha value is -2.22. The van der Waals surface area contributed by atoms with Crippen molar-refractivity contribution in [2.75, 3.05) is 22.7 Å². The van der Waals surface area contributed by atoms with Crippen molar-refractivity contribution in [2.24, 2.45) is 0 Å². The smallest absolute Gasteiger partial charge is 0.263 e. The lowest BCUT2D eigenvalue weighted by Gasteiger charge is -2.17. The Morgan fingerprint density at radius 2 is 1.78 bits per heavy atom. The molecule has 0 atom stereocenters. The molecule has 5 nitrogen and oxygen atoms in total. The fourth-order valence-electron chi connectivity index (χ4n) is 2.45. The molecule has 122 valence electrons. The van der Waals surface area contributed by atoms with E-state index < -0.39 is 21.7 Å². The van der Waals surface area contributed by atoms with Crippen molar-refractivity contribution in [3.8, 4) is 0 Å². The van der Waals surface area contributed by atoms with Crippen molar-refractivity contribution < 1.29 is 17.2 Å². The normalized spacial score (nSPS) is 15.0. The average molecular weight is 339 g/mol. The standard InChI is InChI=1S/C15H15F2N3O2S/c16-13-5-4-12(9-14(13)17)23(21,22)19-15-6-3-11(10-18-15)20-7-1-2-8-20/h3-6,9-10H,1-2,7-8H2,(H,18,19). The Morgan fingerprint density at radius 3 is 2.39 bits per heavy atom. The second-order valence-corrected chi connectivity index (χ2v) is 6.96. The first-order chi connectivity index (χ1) is 11.0. The van der Waals surface area contributed by atoms with E-state index in [2.05, 4.69) is 14.6 Å². The largest absolute Gasteiger partial charge is 0.370 e. The van der Waals surface area contributed by atoms with Crippen LogP contribution in [-0.4, -0.2) is 26.5 Å². The molecule has 1 aliphatic heterocycles. The molecule has 1 N–H and O–H groups in total. The lowest BCUT2D eigenvalue weighted by molar-refractivity contribution is 0.504. The van der Waals surface area contributed by atoms with Gasteiger partial charge in [-0.15, -0.1) is 0 Å². The maximum Gasteiger partial charge on any atom is 0.263 e. The van der Waals surface area contributed by atoms with Crippen LogP contribution in [0.25, 0.3) is 0 Å². The van der Waals surface area contributed by atoms with Crippen LogP contribution in [0.15, 0.2) is 41.4 Å². The minimum Gasteiger partial charge on any atom is -0.370 e. The van der Waals surface area contributed by atoms with Crippen LogP contribution in [0.5, 0.6) is 0 Å². The van der Waals surface area contributed by atoms with Gasteiger partial charge in [-0.2, -0.15) is 0 Å². The van der Waals surface area contributed by atoms with Crippen LogP contribution < -0.4 is 9.62 Å². The Labute approximate surface area is 133 Å². The predicted octanol–water partition coefficient (Wildman–Crippen LogP) is 2.76. The molecule has 23 heavy (non-hydrogen) atoms. The van der Waals surface area contributed by atoms with E-state index in [0.29, 0.717) is 6.07 Å². The number of anilines is 2. The van der Waals surface area contributed by atoms with Crippen molar-refractivity contribution in [3.05, 3.63) is 48.2 Å². The summed E-state index contributed by atoms with van der Waals surface area (Å²) in [5.74, 6) is -2.19. The summed E-state index contributed by atoms with van der Waals surface area (Å²) >= 11 is 0. The number of pyridine rings is 1. The summed E-state index contributed by atoms with van der Waals surface area (Å²) in [6.45, 7) is 1.92.